The van der Waals surface area contributed by atoms with Crippen LogP contribution in [-0.2, 0) is 21.9 Å². The molecular weight excluding hydrogens is 457 g/mol. The van der Waals surface area contributed by atoms with Gasteiger partial charge < -0.3 is 9.84 Å². The van der Waals surface area contributed by atoms with Crippen LogP contribution in [0.5, 0.6) is 0 Å². The van der Waals surface area contributed by atoms with E-state index in [2.05, 4.69) is 0 Å². The van der Waals surface area contributed by atoms with Gasteiger partial charge in [0, 0.05) is 5.92 Å². The zero-order valence-electron chi connectivity index (χ0n) is 16.8. The number of ether oxygens (including phenoxy) is 1. The number of aliphatic carboxylic acids is 1. The molecule has 1 saturated carbocycles. The Morgan fingerprint density at radius 2 is 1.67 bits per heavy atom. The Morgan fingerprint density at radius 1 is 1.00 bits per heavy atom. The van der Waals surface area contributed by atoms with E-state index in [0.717, 1.165) is 18.2 Å². The summed E-state index contributed by atoms with van der Waals surface area (Å²) in [4.78, 5) is 11.9. The van der Waals surface area contributed by atoms with Gasteiger partial charge in [0.1, 0.15) is 5.82 Å². The maximum atomic E-state index is 13.6. The fraction of sp³-hybridized carbons (Fsp3) is 0.348. The van der Waals surface area contributed by atoms with Crippen molar-refractivity contribution in [1.82, 2.24) is 0 Å². The average Bonchev–Trinajstić information content (AvgIpc) is 3.31. The molecule has 1 heterocycles. The SMILES string of the molecule is O=C(O)[C@H]1CC[C@@]2(C=C(c3ccc(C(F)(F)F)cc3C(F)(F)F)CO2)[C@@H]1c1ccc(F)cc1. The summed E-state index contributed by atoms with van der Waals surface area (Å²) in [6.45, 7) is -0.335. The van der Waals surface area contributed by atoms with E-state index >= 15 is 0 Å². The second-order valence-corrected chi connectivity index (χ2v) is 8.18. The van der Waals surface area contributed by atoms with Gasteiger partial charge in [-0.05, 0) is 59.9 Å². The summed E-state index contributed by atoms with van der Waals surface area (Å²) in [6, 6.07) is 6.50. The van der Waals surface area contributed by atoms with E-state index in [0.29, 0.717) is 11.6 Å². The lowest BCUT2D eigenvalue weighted by atomic mass is 9.79. The zero-order chi connectivity index (χ0) is 24.2. The van der Waals surface area contributed by atoms with E-state index in [1.54, 1.807) is 0 Å². The van der Waals surface area contributed by atoms with Gasteiger partial charge in [0.05, 0.1) is 29.3 Å². The van der Waals surface area contributed by atoms with Crippen LogP contribution in [0.1, 0.15) is 41.0 Å². The summed E-state index contributed by atoms with van der Waals surface area (Å²) in [6.07, 6.45) is -8.27. The standard InChI is InChI=1S/C23H17F7O3/c24-15-4-1-12(2-5-15)19-17(20(31)32)7-8-21(19)10-13(11-33-21)16-6-3-14(22(25,26)27)9-18(16)23(28,29)30/h1-6,9-10,17,19H,7-8,11H2,(H,31,32)/t17-,19+,21+/m0/s1. The molecule has 0 saturated heterocycles. The molecule has 0 aromatic heterocycles. The molecule has 33 heavy (non-hydrogen) atoms. The Morgan fingerprint density at radius 3 is 2.24 bits per heavy atom. The number of benzene rings is 2. The summed E-state index contributed by atoms with van der Waals surface area (Å²) in [7, 11) is 0. The first-order valence-corrected chi connectivity index (χ1v) is 9.94. The highest BCUT2D eigenvalue weighted by molar-refractivity contribution is 5.76. The molecule has 0 amide bonds. The number of hydrogen-bond donors (Lipinski definition) is 1. The van der Waals surface area contributed by atoms with Gasteiger partial charge >= 0.3 is 18.3 Å². The molecule has 2 aliphatic rings. The summed E-state index contributed by atoms with van der Waals surface area (Å²) in [5.41, 5.74) is -4.14. The lowest BCUT2D eigenvalue weighted by molar-refractivity contribution is -0.144. The first-order chi connectivity index (χ1) is 15.3. The highest BCUT2D eigenvalue weighted by Crippen LogP contribution is 2.54. The first kappa shape index (κ1) is 23.3. The molecule has 1 N–H and O–H groups in total. The molecule has 10 heteroatoms. The van der Waals surface area contributed by atoms with Crippen LogP contribution in [0.25, 0.3) is 5.57 Å². The normalized spacial score (nSPS) is 25.5. The lowest BCUT2D eigenvalue weighted by Crippen LogP contribution is -2.34. The van der Waals surface area contributed by atoms with E-state index in [1.165, 1.54) is 18.2 Å². The van der Waals surface area contributed by atoms with Crippen LogP contribution in [0.15, 0.2) is 48.5 Å². The fourth-order valence-electron chi connectivity index (χ4n) is 4.80. The molecule has 3 nitrogen and oxygen atoms in total. The zero-order valence-corrected chi connectivity index (χ0v) is 16.8. The number of rotatable bonds is 3. The van der Waals surface area contributed by atoms with Crippen molar-refractivity contribution in [2.75, 3.05) is 6.61 Å². The monoisotopic (exact) mass is 474 g/mol. The molecule has 0 bridgehead atoms. The van der Waals surface area contributed by atoms with Crippen LogP contribution in [0, 0.1) is 11.7 Å². The van der Waals surface area contributed by atoms with Crippen molar-refractivity contribution in [1.29, 1.82) is 0 Å². The number of carbonyl (C=O) groups is 1. The quantitative estimate of drug-likeness (QED) is 0.532. The van der Waals surface area contributed by atoms with E-state index in [9.17, 15) is 40.6 Å². The summed E-state index contributed by atoms with van der Waals surface area (Å²) < 4.78 is 99.2. The maximum Gasteiger partial charge on any atom is 0.417 e. The number of halogens is 7. The van der Waals surface area contributed by atoms with Crippen molar-refractivity contribution in [3.8, 4) is 0 Å². The molecule has 176 valence electrons. The smallest absolute Gasteiger partial charge is 0.417 e. The van der Waals surface area contributed by atoms with E-state index < -0.39 is 58.3 Å². The minimum atomic E-state index is -5.05. The third-order valence-electron chi connectivity index (χ3n) is 6.23. The Kier molecular flexibility index (Phi) is 5.55. The van der Waals surface area contributed by atoms with Gasteiger partial charge in [-0.2, -0.15) is 26.3 Å². The molecular formula is C23H17F7O3. The van der Waals surface area contributed by atoms with Crippen LogP contribution in [0.4, 0.5) is 30.7 Å². The Hall–Kier alpha value is -2.88. The molecule has 1 fully saturated rings. The third-order valence-corrected chi connectivity index (χ3v) is 6.23. The molecule has 1 aliphatic heterocycles. The minimum absolute atomic E-state index is 0.0224. The molecule has 2 aromatic carbocycles. The van der Waals surface area contributed by atoms with Crippen LogP contribution in [0.2, 0.25) is 0 Å². The molecule has 4 rings (SSSR count). The highest BCUT2D eigenvalue weighted by atomic mass is 19.4. The topological polar surface area (TPSA) is 46.5 Å². The largest absolute Gasteiger partial charge is 0.481 e. The van der Waals surface area contributed by atoms with Crippen molar-refractivity contribution in [2.24, 2.45) is 5.92 Å². The van der Waals surface area contributed by atoms with Gasteiger partial charge in [0.2, 0.25) is 0 Å². The Balaban J connectivity index is 1.81. The van der Waals surface area contributed by atoms with Gasteiger partial charge in [0.25, 0.3) is 0 Å². The van der Waals surface area contributed by atoms with E-state index in [1.807, 2.05) is 0 Å². The van der Waals surface area contributed by atoms with E-state index in [4.69, 9.17) is 4.74 Å². The predicted molar refractivity (Wildman–Crippen MR) is 103 cm³/mol. The second-order valence-electron chi connectivity index (χ2n) is 8.18. The molecule has 0 radical (unpaired) electrons. The summed E-state index contributed by atoms with van der Waals surface area (Å²) >= 11 is 0. The average molecular weight is 474 g/mol. The fourth-order valence-corrected chi connectivity index (χ4v) is 4.80. The molecule has 2 aromatic rings. The van der Waals surface area contributed by atoms with Crippen molar-refractivity contribution >= 4 is 11.5 Å². The van der Waals surface area contributed by atoms with Gasteiger partial charge in [-0.25, -0.2) is 4.39 Å². The minimum Gasteiger partial charge on any atom is -0.481 e. The molecule has 0 unspecified atom stereocenters. The molecule has 1 spiro atoms. The van der Waals surface area contributed by atoms with E-state index in [-0.39, 0.29) is 31.1 Å². The van der Waals surface area contributed by atoms with Crippen molar-refractivity contribution in [3.63, 3.8) is 0 Å². The molecule has 3 atom stereocenters. The summed E-state index contributed by atoms with van der Waals surface area (Å²) in [5, 5.41) is 9.68. The van der Waals surface area contributed by atoms with Crippen LogP contribution >= 0.6 is 0 Å². The Labute approximate surface area is 183 Å². The number of hydrogen-bond acceptors (Lipinski definition) is 2. The van der Waals surface area contributed by atoms with Crippen molar-refractivity contribution < 1.29 is 45.4 Å². The van der Waals surface area contributed by atoms with Crippen LogP contribution in [0.3, 0.4) is 0 Å². The highest BCUT2D eigenvalue weighted by Gasteiger charge is 2.54. The predicted octanol–water partition coefficient (Wildman–Crippen LogP) is 6.29. The van der Waals surface area contributed by atoms with Gasteiger partial charge in [-0.1, -0.05) is 18.2 Å². The van der Waals surface area contributed by atoms with Crippen LogP contribution < -0.4 is 0 Å². The second kappa shape index (κ2) is 7.86. The van der Waals surface area contributed by atoms with Crippen LogP contribution in [-0.4, -0.2) is 23.3 Å². The third kappa shape index (κ3) is 4.23. The van der Waals surface area contributed by atoms with Gasteiger partial charge in [-0.3, -0.25) is 4.79 Å². The van der Waals surface area contributed by atoms with Gasteiger partial charge in [0.15, 0.2) is 0 Å². The maximum absolute atomic E-state index is 13.6. The molecule has 1 aliphatic carbocycles. The summed E-state index contributed by atoms with van der Waals surface area (Å²) in [5.74, 6) is -3.41. The number of alkyl halides is 6. The Bertz CT molecular complexity index is 1100. The van der Waals surface area contributed by atoms with Crippen molar-refractivity contribution in [2.45, 2.75) is 36.7 Å². The van der Waals surface area contributed by atoms with Crippen molar-refractivity contribution in [3.05, 3.63) is 76.6 Å². The number of carboxylic acid groups (broad SMARTS) is 1. The number of carboxylic acids is 1. The lowest BCUT2D eigenvalue weighted by Gasteiger charge is -2.31. The first-order valence-electron chi connectivity index (χ1n) is 9.94. The van der Waals surface area contributed by atoms with Gasteiger partial charge in [-0.15, -0.1) is 0 Å².